The van der Waals surface area contributed by atoms with E-state index in [4.69, 9.17) is 52.6 Å². The zero-order chi connectivity index (χ0) is 13.5. The van der Waals surface area contributed by atoms with E-state index in [9.17, 15) is 0 Å². The Bertz CT molecular complexity index is 346. The molecule has 0 bridgehead atoms. The summed E-state index contributed by atoms with van der Waals surface area (Å²) < 4.78 is 102. The first kappa shape index (κ1) is 37.7. The van der Waals surface area contributed by atoms with Crippen LogP contribution < -0.4 is 103 Å². The van der Waals surface area contributed by atoms with Crippen LogP contribution in [0.1, 0.15) is 0 Å². The Balaban J connectivity index is -0.0000000277. The molecule has 18 heavy (non-hydrogen) atoms. The molecule has 0 aliphatic carbocycles. The minimum atomic E-state index is -5.17. The van der Waals surface area contributed by atoms with Gasteiger partial charge in [0.15, 0.2) is 0 Å². The van der Waals surface area contributed by atoms with Crippen molar-refractivity contribution in [1.29, 1.82) is 0 Å². The predicted octanol–water partition coefficient (Wildman–Crippen LogP) is -10.0. The zero-order valence-electron chi connectivity index (χ0n) is 8.62. The van der Waals surface area contributed by atoms with Crippen molar-refractivity contribution in [2.45, 2.75) is 0 Å². The molecule has 0 atom stereocenters. The fourth-order valence-electron chi connectivity index (χ4n) is 0. The van der Waals surface area contributed by atoms with Crippen molar-refractivity contribution in [2.24, 2.45) is 0 Å². The third-order valence-electron chi connectivity index (χ3n) is 0. The van der Waals surface area contributed by atoms with E-state index in [2.05, 4.69) is 0 Å². The fraction of sp³-hybridized carbons (Fsp3) is 0. The first-order chi connectivity index (χ1) is 6.00. The molecular weight excluding hydrogens is 414 g/mol. The van der Waals surface area contributed by atoms with E-state index in [1.807, 2.05) is 0 Å². The van der Waals surface area contributed by atoms with Crippen LogP contribution in [-0.4, -0.2) is 52.6 Å². The molecule has 0 aromatic carbocycles. The standard InChI is InChI=1S/2K.3H2O4S.Ti/c;;3*1-5(2,3)4;/h;;3*(H2,1,2,3,4);/q2*+1;;;;+4/p-6. The summed E-state index contributed by atoms with van der Waals surface area (Å²) in [6.07, 6.45) is 0. The van der Waals surface area contributed by atoms with Crippen molar-refractivity contribution >= 4 is 31.2 Å². The second kappa shape index (κ2) is 17.0. The molecule has 0 fully saturated rings. The maximum Gasteiger partial charge on any atom is 4.00 e. The monoisotopic (exact) mass is 414 g/mol. The van der Waals surface area contributed by atoms with E-state index in [0.29, 0.717) is 0 Å². The van der Waals surface area contributed by atoms with Crippen LogP contribution in [0.2, 0.25) is 0 Å². The van der Waals surface area contributed by atoms with E-state index in [-0.39, 0.29) is 124 Å². The van der Waals surface area contributed by atoms with Crippen molar-refractivity contribution in [3.63, 3.8) is 0 Å². The van der Waals surface area contributed by atoms with Gasteiger partial charge in [0.25, 0.3) is 0 Å². The first-order valence-corrected chi connectivity index (χ1v) is 6.00. The fourth-order valence-corrected chi connectivity index (χ4v) is 0. The SMILES string of the molecule is O=S(=O)([O-])[O-].O=S(=O)([O-])[O-].O=S(=O)([O-])[O-].[K+].[K+].[Ti+4]. The molecule has 0 aliphatic rings. The Morgan fingerprint density at radius 1 is 0.444 bits per heavy atom. The van der Waals surface area contributed by atoms with Gasteiger partial charge in [-0.2, -0.15) is 0 Å². The van der Waals surface area contributed by atoms with E-state index in [1.165, 1.54) is 0 Å². The third kappa shape index (κ3) is 524. The van der Waals surface area contributed by atoms with Gasteiger partial charge in [0.2, 0.25) is 0 Å². The Kier molecular flexibility index (Phi) is 35.5. The molecule has 0 spiro atoms. The average molecular weight is 414 g/mol. The van der Waals surface area contributed by atoms with Gasteiger partial charge in [-0.15, -0.1) is 0 Å². The second-order valence-electron chi connectivity index (χ2n) is 1.22. The molecule has 18 heteroatoms. The van der Waals surface area contributed by atoms with Crippen LogP contribution in [0.5, 0.6) is 0 Å². The summed E-state index contributed by atoms with van der Waals surface area (Å²) in [6, 6.07) is 0. The molecule has 0 amide bonds. The van der Waals surface area contributed by atoms with Gasteiger partial charge in [-0.25, -0.2) is 0 Å². The zero-order valence-corrected chi connectivity index (χ0v) is 18.9. The van der Waals surface area contributed by atoms with Crippen LogP contribution in [0, 0.1) is 0 Å². The second-order valence-corrected chi connectivity index (χ2v) is 3.67. The molecule has 0 saturated heterocycles. The van der Waals surface area contributed by atoms with Gasteiger partial charge in [-0.05, 0) is 0 Å². The van der Waals surface area contributed by atoms with E-state index < -0.39 is 31.2 Å². The van der Waals surface area contributed by atoms with Gasteiger partial charge in [0.1, 0.15) is 0 Å². The van der Waals surface area contributed by atoms with Crippen molar-refractivity contribution in [1.82, 2.24) is 0 Å². The molecule has 96 valence electrons. The molecule has 0 saturated carbocycles. The van der Waals surface area contributed by atoms with Gasteiger partial charge < -0.3 is 27.3 Å². The van der Waals surface area contributed by atoms with E-state index >= 15 is 0 Å². The maximum absolute atomic E-state index is 8.52. The Morgan fingerprint density at radius 3 is 0.444 bits per heavy atom. The van der Waals surface area contributed by atoms with Crippen LogP contribution in [0.3, 0.4) is 0 Å². The van der Waals surface area contributed by atoms with Crippen LogP contribution in [0.25, 0.3) is 0 Å². The third-order valence-corrected chi connectivity index (χ3v) is 0. The van der Waals surface area contributed by atoms with Gasteiger partial charge >= 0.3 is 124 Å². The smallest absolute Gasteiger partial charge is 0.759 e. The van der Waals surface area contributed by atoms with Crippen molar-refractivity contribution in [2.75, 3.05) is 0 Å². The summed E-state index contributed by atoms with van der Waals surface area (Å²) in [5.41, 5.74) is 0. The quantitative estimate of drug-likeness (QED) is 0.204. The molecule has 0 aliphatic heterocycles. The summed E-state index contributed by atoms with van der Waals surface area (Å²) in [5.74, 6) is 0. The maximum atomic E-state index is 8.52. The summed E-state index contributed by atoms with van der Waals surface area (Å²) in [4.78, 5) is 0. The summed E-state index contributed by atoms with van der Waals surface area (Å²) in [6.45, 7) is 0. The van der Waals surface area contributed by atoms with Gasteiger partial charge in [-0.1, -0.05) is 0 Å². The molecule has 12 nitrogen and oxygen atoms in total. The van der Waals surface area contributed by atoms with Crippen molar-refractivity contribution < 1.29 is 177 Å². The van der Waals surface area contributed by atoms with E-state index in [1.54, 1.807) is 0 Å². The van der Waals surface area contributed by atoms with Crippen molar-refractivity contribution in [3.8, 4) is 0 Å². The number of rotatable bonds is 0. The predicted molar refractivity (Wildman–Crippen MR) is 31.4 cm³/mol. The Hall–Kier alpha value is 3.60. The molecule has 0 rings (SSSR count). The summed E-state index contributed by atoms with van der Waals surface area (Å²) in [5, 5.41) is 0. The van der Waals surface area contributed by atoms with E-state index in [0.717, 1.165) is 0 Å². The Labute approximate surface area is 203 Å². The minimum Gasteiger partial charge on any atom is -0.759 e. The summed E-state index contributed by atoms with van der Waals surface area (Å²) in [7, 11) is -15.5. The van der Waals surface area contributed by atoms with Gasteiger partial charge in [-0.3, -0.25) is 25.3 Å². The van der Waals surface area contributed by atoms with Crippen LogP contribution in [0.4, 0.5) is 0 Å². The van der Waals surface area contributed by atoms with Gasteiger partial charge in [0, 0.05) is 31.2 Å². The minimum absolute atomic E-state index is 0. The topological polar surface area (TPSA) is 241 Å². The molecular formula is K2O12S3Ti. The summed E-state index contributed by atoms with van der Waals surface area (Å²) >= 11 is 0. The number of hydrogen-bond donors (Lipinski definition) is 0. The van der Waals surface area contributed by atoms with Crippen LogP contribution in [0.15, 0.2) is 0 Å². The molecule has 0 aromatic heterocycles. The molecule has 0 radical (unpaired) electrons. The van der Waals surface area contributed by atoms with Gasteiger partial charge in [0.05, 0.1) is 0 Å². The average Bonchev–Trinajstić information content (AvgIpc) is 1.41. The molecule has 0 unspecified atom stereocenters. The molecule has 0 N–H and O–H groups in total. The normalized spacial score (nSPS) is 9.67. The van der Waals surface area contributed by atoms with Crippen LogP contribution in [-0.2, 0) is 52.9 Å². The molecule has 0 aromatic rings. The van der Waals surface area contributed by atoms with Crippen LogP contribution >= 0.6 is 0 Å². The first-order valence-electron chi connectivity index (χ1n) is 2.00. The number of hydrogen-bond acceptors (Lipinski definition) is 12. The molecule has 0 heterocycles. The Morgan fingerprint density at radius 2 is 0.444 bits per heavy atom. The van der Waals surface area contributed by atoms with Crippen molar-refractivity contribution in [3.05, 3.63) is 0 Å². The largest absolute Gasteiger partial charge is 4.00 e.